The van der Waals surface area contributed by atoms with Crippen molar-refractivity contribution in [3.05, 3.63) is 59.4 Å². The molecule has 3 aromatic rings. The van der Waals surface area contributed by atoms with Crippen molar-refractivity contribution in [2.45, 2.75) is 12.8 Å². The normalized spacial score (nSPS) is 10.7. The number of thiazole rings is 1. The molecule has 1 N–H and O–H groups in total. The molecule has 0 spiro atoms. The van der Waals surface area contributed by atoms with Crippen molar-refractivity contribution in [3.63, 3.8) is 0 Å². The number of para-hydroxylation sites is 1. The van der Waals surface area contributed by atoms with E-state index in [-0.39, 0.29) is 5.91 Å². The van der Waals surface area contributed by atoms with Gasteiger partial charge in [-0.3, -0.25) is 9.78 Å². The first-order chi connectivity index (χ1) is 10.3. The summed E-state index contributed by atoms with van der Waals surface area (Å²) in [5.74, 6) is -0.0765. The van der Waals surface area contributed by atoms with Gasteiger partial charge in [0.15, 0.2) is 0 Å². The lowest BCUT2D eigenvalue weighted by atomic mass is 10.2. The molecule has 0 bridgehead atoms. The van der Waals surface area contributed by atoms with Crippen LogP contribution in [0, 0.1) is 0 Å². The second-order valence-corrected chi connectivity index (χ2v) is 5.79. The van der Waals surface area contributed by atoms with Crippen LogP contribution >= 0.6 is 11.3 Å². The lowest BCUT2D eigenvalue weighted by Crippen LogP contribution is -2.24. The molecule has 0 aliphatic carbocycles. The average molecular weight is 297 g/mol. The zero-order chi connectivity index (χ0) is 14.5. The summed E-state index contributed by atoms with van der Waals surface area (Å²) in [5.41, 5.74) is 1.65. The molecule has 1 amide bonds. The molecule has 5 heteroatoms. The third-order valence-electron chi connectivity index (χ3n) is 3.11. The fraction of sp³-hybridized carbons (Fsp3) is 0.188. The highest BCUT2D eigenvalue weighted by Crippen LogP contribution is 2.22. The number of hydrogen-bond acceptors (Lipinski definition) is 4. The number of carbonyl (C=O) groups is 1. The molecular weight excluding hydrogens is 282 g/mol. The largest absolute Gasteiger partial charge is 0.352 e. The SMILES string of the molecule is O=C(NCCCc1nc2ccccc2s1)c1cccnc1. The molecule has 1 aromatic carbocycles. The minimum absolute atomic E-state index is 0.0765. The van der Waals surface area contributed by atoms with Crippen LogP contribution in [0.5, 0.6) is 0 Å². The maximum absolute atomic E-state index is 11.8. The van der Waals surface area contributed by atoms with Gasteiger partial charge in [0, 0.05) is 25.4 Å². The van der Waals surface area contributed by atoms with E-state index in [1.807, 2.05) is 18.2 Å². The van der Waals surface area contributed by atoms with Crippen molar-refractivity contribution in [1.29, 1.82) is 0 Å². The van der Waals surface area contributed by atoms with Gasteiger partial charge in [-0.2, -0.15) is 0 Å². The monoisotopic (exact) mass is 297 g/mol. The number of fused-ring (bicyclic) bond motifs is 1. The number of benzene rings is 1. The van der Waals surface area contributed by atoms with Gasteiger partial charge in [0.25, 0.3) is 5.91 Å². The molecule has 3 rings (SSSR count). The summed E-state index contributed by atoms with van der Waals surface area (Å²) in [7, 11) is 0. The van der Waals surface area contributed by atoms with Crippen LogP contribution in [-0.2, 0) is 6.42 Å². The maximum atomic E-state index is 11.8. The van der Waals surface area contributed by atoms with Crippen LogP contribution in [0.3, 0.4) is 0 Å². The van der Waals surface area contributed by atoms with Gasteiger partial charge < -0.3 is 5.32 Å². The summed E-state index contributed by atoms with van der Waals surface area (Å²) in [4.78, 5) is 20.4. The van der Waals surface area contributed by atoms with Gasteiger partial charge in [0.05, 0.1) is 20.8 Å². The Morgan fingerprint density at radius 3 is 2.90 bits per heavy atom. The zero-order valence-electron chi connectivity index (χ0n) is 11.5. The summed E-state index contributed by atoms with van der Waals surface area (Å²) < 4.78 is 1.21. The molecule has 2 heterocycles. The number of aryl methyl sites for hydroxylation is 1. The summed E-state index contributed by atoms with van der Waals surface area (Å²) in [5, 5.41) is 4.02. The smallest absolute Gasteiger partial charge is 0.252 e. The lowest BCUT2D eigenvalue weighted by Gasteiger charge is -2.03. The van der Waals surface area contributed by atoms with Crippen LogP contribution in [0.4, 0.5) is 0 Å². The van der Waals surface area contributed by atoms with E-state index in [4.69, 9.17) is 0 Å². The van der Waals surface area contributed by atoms with E-state index in [1.54, 1.807) is 35.9 Å². The number of nitrogens with one attached hydrogen (secondary N) is 1. The molecule has 0 saturated carbocycles. The molecule has 4 nitrogen and oxygen atoms in total. The summed E-state index contributed by atoms with van der Waals surface area (Å²) >= 11 is 1.72. The van der Waals surface area contributed by atoms with Gasteiger partial charge in [-0.15, -0.1) is 11.3 Å². The molecule has 0 fully saturated rings. The van der Waals surface area contributed by atoms with E-state index in [9.17, 15) is 4.79 Å². The van der Waals surface area contributed by atoms with Crippen LogP contribution in [0.15, 0.2) is 48.8 Å². The Morgan fingerprint density at radius 2 is 2.10 bits per heavy atom. The van der Waals surface area contributed by atoms with Crippen molar-refractivity contribution in [1.82, 2.24) is 15.3 Å². The molecule has 0 radical (unpaired) electrons. The first-order valence-corrected chi connectivity index (χ1v) is 7.67. The van der Waals surface area contributed by atoms with E-state index in [2.05, 4.69) is 21.4 Å². The van der Waals surface area contributed by atoms with Crippen molar-refractivity contribution in [3.8, 4) is 0 Å². The van der Waals surface area contributed by atoms with Gasteiger partial charge in [-0.25, -0.2) is 4.98 Å². The second-order valence-electron chi connectivity index (χ2n) is 4.68. The van der Waals surface area contributed by atoms with Gasteiger partial charge >= 0.3 is 0 Å². The molecule has 0 aliphatic rings. The summed E-state index contributed by atoms with van der Waals surface area (Å²) in [6.45, 7) is 0.643. The van der Waals surface area contributed by atoms with E-state index >= 15 is 0 Å². The summed E-state index contributed by atoms with van der Waals surface area (Å²) in [6.07, 6.45) is 4.99. The number of rotatable bonds is 5. The van der Waals surface area contributed by atoms with Crippen molar-refractivity contribution in [2.24, 2.45) is 0 Å². The van der Waals surface area contributed by atoms with Crippen molar-refractivity contribution >= 4 is 27.5 Å². The third-order valence-corrected chi connectivity index (χ3v) is 4.21. The minimum Gasteiger partial charge on any atom is -0.352 e. The van der Waals surface area contributed by atoms with Crippen molar-refractivity contribution < 1.29 is 4.79 Å². The predicted molar refractivity (Wildman–Crippen MR) is 84.5 cm³/mol. The Kier molecular flexibility index (Phi) is 4.21. The molecule has 2 aromatic heterocycles. The number of amides is 1. The Bertz CT molecular complexity index is 706. The van der Waals surface area contributed by atoms with Gasteiger partial charge in [0.1, 0.15) is 0 Å². The molecule has 0 unspecified atom stereocenters. The van der Waals surface area contributed by atoms with Crippen molar-refractivity contribution in [2.75, 3.05) is 6.54 Å². The van der Waals surface area contributed by atoms with Crippen LogP contribution in [0.1, 0.15) is 21.8 Å². The predicted octanol–water partition coefficient (Wildman–Crippen LogP) is 3.05. The topological polar surface area (TPSA) is 54.9 Å². The first-order valence-electron chi connectivity index (χ1n) is 6.85. The number of pyridine rings is 1. The number of aromatic nitrogens is 2. The molecule has 0 saturated heterocycles. The lowest BCUT2D eigenvalue weighted by molar-refractivity contribution is 0.0953. The van der Waals surface area contributed by atoms with Gasteiger partial charge in [0.2, 0.25) is 0 Å². The van der Waals surface area contributed by atoms with E-state index in [0.717, 1.165) is 23.4 Å². The third kappa shape index (κ3) is 3.44. The van der Waals surface area contributed by atoms with Crippen LogP contribution in [0.25, 0.3) is 10.2 Å². The standard InChI is InChI=1S/C16H15N3OS/c20-16(12-5-3-9-17-11-12)18-10-4-8-15-19-13-6-1-2-7-14(13)21-15/h1-3,5-7,9,11H,4,8,10H2,(H,18,20). The van der Waals surface area contributed by atoms with Crippen LogP contribution in [-0.4, -0.2) is 22.4 Å². The second kappa shape index (κ2) is 6.45. The zero-order valence-corrected chi connectivity index (χ0v) is 12.3. The Morgan fingerprint density at radius 1 is 1.19 bits per heavy atom. The number of nitrogens with zero attached hydrogens (tertiary/aromatic N) is 2. The fourth-order valence-electron chi connectivity index (χ4n) is 2.07. The highest BCUT2D eigenvalue weighted by molar-refractivity contribution is 7.18. The van der Waals surface area contributed by atoms with E-state index in [0.29, 0.717) is 12.1 Å². The van der Waals surface area contributed by atoms with E-state index in [1.165, 1.54) is 4.70 Å². The Balaban J connectivity index is 1.49. The maximum Gasteiger partial charge on any atom is 0.252 e. The Hall–Kier alpha value is -2.27. The van der Waals surface area contributed by atoms with Gasteiger partial charge in [-0.05, 0) is 30.7 Å². The molecule has 106 valence electrons. The number of carbonyl (C=O) groups excluding carboxylic acids is 1. The van der Waals surface area contributed by atoms with Crippen LogP contribution in [0.2, 0.25) is 0 Å². The quantitative estimate of drug-likeness (QED) is 0.736. The molecule has 0 atom stereocenters. The molecular formula is C16H15N3OS. The van der Waals surface area contributed by atoms with Crippen LogP contribution < -0.4 is 5.32 Å². The average Bonchev–Trinajstić information content (AvgIpc) is 2.95. The Labute approximate surface area is 126 Å². The minimum atomic E-state index is -0.0765. The highest BCUT2D eigenvalue weighted by atomic mass is 32.1. The molecule has 0 aliphatic heterocycles. The number of hydrogen-bond donors (Lipinski definition) is 1. The molecule has 21 heavy (non-hydrogen) atoms. The van der Waals surface area contributed by atoms with E-state index < -0.39 is 0 Å². The summed E-state index contributed by atoms with van der Waals surface area (Å²) in [6, 6.07) is 11.7. The first kappa shape index (κ1) is 13.7. The van der Waals surface area contributed by atoms with Gasteiger partial charge in [-0.1, -0.05) is 12.1 Å². The fourth-order valence-corrected chi connectivity index (χ4v) is 3.08. The highest BCUT2D eigenvalue weighted by Gasteiger charge is 2.05.